The van der Waals surface area contributed by atoms with E-state index in [4.69, 9.17) is 11.6 Å². The number of rotatable bonds is 3. The fourth-order valence-corrected chi connectivity index (χ4v) is 4.83. The second-order valence-electron chi connectivity index (χ2n) is 7.69. The molecule has 144 valence electrons. The molecule has 0 bridgehead atoms. The minimum Gasteiger partial charge on any atom is -0.478 e. The normalized spacial score (nSPS) is 22.1. The number of fused-ring (bicyclic) bond motifs is 2. The van der Waals surface area contributed by atoms with E-state index in [0.717, 1.165) is 23.2 Å². The van der Waals surface area contributed by atoms with E-state index in [1.807, 2.05) is 54.6 Å². The van der Waals surface area contributed by atoms with Crippen LogP contribution in [0, 0.1) is 6.92 Å². The SMILES string of the molecule is Cc1c(C(=O)O)cccc1N1C(=O)[C@@]2(C[C@H]2c2ccc(Cl)cc2)c2ccccc21. The summed E-state index contributed by atoms with van der Waals surface area (Å²) in [5.41, 5.74) is 3.75. The smallest absolute Gasteiger partial charge is 0.336 e. The fourth-order valence-electron chi connectivity index (χ4n) is 4.70. The molecule has 4 nitrogen and oxygen atoms in total. The van der Waals surface area contributed by atoms with Crippen molar-refractivity contribution >= 4 is 34.9 Å². The lowest BCUT2D eigenvalue weighted by molar-refractivity contribution is -0.119. The van der Waals surface area contributed by atoms with E-state index in [2.05, 4.69) is 0 Å². The molecule has 1 heterocycles. The molecular formula is C24H18ClNO3. The molecule has 0 aromatic heterocycles. The van der Waals surface area contributed by atoms with Crippen LogP contribution < -0.4 is 4.90 Å². The molecule has 1 aliphatic carbocycles. The van der Waals surface area contributed by atoms with E-state index in [-0.39, 0.29) is 17.4 Å². The van der Waals surface area contributed by atoms with Crippen LogP contribution >= 0.6 is 11.6 Å². The summed E-state index contributed by atoms with van der Waals surface area (Å²) in [6, 6.07) is 20.6. The monoisotopic (exact) mass is 403 g/mol. The van der Waals surface area contributed by atoms with Crippen LogP contribution in [0.15, 0.2) is 66.7 Å². The van der Waals surface area contributed by atoms with Gasteiger partial charge < -0.3 is 5.11 Å². The van der Waals surface area contributed by atoms with Gasteiger partial charge in [0.05, 0.1) is 22.4 Å². The van der Waals surface area contributed by atoms with Gasteiger partial charge in [0.2, 0.25) is 5.91 Å². The van der Waals surface area contributed by atoms with E-state index in [9.17, 15) is 14.7 Å². The van der Waals surface area contributed by atoms with Crippen molar-refractivity contribution in [3.8, 4) is 0 Å². The van der Waals surface area contributed by atoms with Gasteiger partial charge in [-0.25, -0.2) is 4.79 Å². The number of para-hydroxylation sites is 1. The molecule has 5 heteroatoms. The molecule has 1 fully saturated rings. The second kappa shape index (κ2) is 6.19. The number of hydrogen-bond donors (Lipinski definition) is 1. The number of halogens is 1. The van der Waals surface area contributed by atoms with Crippen LogP contribution in [0.2, 0.25) is 5.02 Å². The van der Waals surface area contributed by atoms with Gasteiger partial charge >= 0.3 is 5.97 Å². The van der Waals surface area contributed by atoms with Crippen molar-refractivity contribution in [1.29, 1.82) is 0 Å². The van der Waals surface area contributed by atoms with Crippen LogP contribution in [0.1, 0.15) is 39.4 Å². The third kappa shape index (κ3) is 2.45. The summed E-state index contributed by atoms with van der Waals surface area (Å²) in [6.07, 6.45) is 0.735. The Morgan fingerprint density at radius 2 is 1.72 bits per heavy atom. The van der Waals surface area contributed by atoms with E-state index in [0.29, 0.717) is 16.3 Å². The summed E-state index contributed by atoms with van der Waals surface area (Å²) in [6.45, 7) is 1.75. The molecule has 2 atom stereocenters. The van der Waals surface area contributed by atoms with E-state index < -0.39 is 11.4 Å². The van der Waals surface area contributed by atoms with E-state index >= 15 is 0 Å². The van der Waals surface area contributed by atoms with Crippen LogP contribution in [-0.2, 0) is 10.2 Å². The van der Waals surface area contributed by atoms with Crippen molar-refractivity contribution in [2.45, 2.75) is 24.7 Å². The van der Waals surface area contributed by atoms with Crippen molar-refractivity contribution in [3.63, 3.8) is 0 Å². The van der Waals surface area contributed by atoms with Crippen LogP contribution in [0.25, 0.3) is 0 Å². The highest BCUT2D eigenvalue weighted by Crippen LogP contribution is 2.67. The van der Waals surface area contributed by atoms with Crippen molar-refractivity contribution in [3.05, 3.63) is 94.0 Å². The average Bonchev–Trinajstić information content (AvgIpc) is 3.41. The Hall–Kier alpha value is -3.11. The molecule has 1 aliphatic heterocycles. The topological polar surface area (TPSA) is 57.6 Å². The number of hydrogen-bond acceptors (Lipinski definition) is 2. The minimum atomic E-state index is -0.996. The molecular weight excluding hydrogens is 386 g/mol. The molecule has 0 unspecified atom stereocenters. The van der Waals surface area contributed by atoms with E-state index in [1.165, 1.54) is 0 Å². The van der Waals surface area contributed by atoms with Crippen molar-refractivity contribution < 1.29 is 14.7 Å². The summed E-state index contributed by atoms with van der Waals surface area (Å²) in [7, 11) is 0. The Labute approximate surface area is 173 Å². The predicted octanol–water partition coefficient (Wildman–Crippen LogP) is 5.45. The molecule has 0 radical (unpaired) electrons. The van der Waals surface area contributed by atoms with Crippen LogP contribution in [0.3, 0.4) is 0 Å². The average molecular weight is 404 g/mol. The molecule has 1 N–H and O–H groups in total. The lowest BCUT2D eigenvalue weighted by Gasteiger charge is -2.21. The molecule has 1 spiro atoms. The number of carbonyl (C=O) groups is 2. The highest BCUT2D eigenvalue weighted by Gasteiger charge is 2.67. The summed E-state index contributed by atoms with van der Waals surface area (Å²) < 4.78 is 0. The van der Waals surface area contributed by atoms with Crippen LogP contribution in [-0.4, -0.2) is 17.0 Å². The first-order valence-electron chi connectivity index (χ1n) is 9.47. The molecule has 0 saturated heterocycles. The molecule has 2 aliphatic rings. The molecule has 3 aromatic rings. The highest BCUT2D eigenvalue weighted by molar-refractivity contribution is 6.30. The Bertz CT molecular complexity index is 1170. The van der Waals surface area contributed by atoms with E-state index in [1.54, 1.807) is 24.0 Å². The highest BCUT2D eigenvalue weighted by atomic mass is 35.5. The van der Waals surface area contributed by atoms with Crippen molar-refractivity contribution in [1.82, 2.24) is 0 Å². The zero-order valence-corrected chi connectivity index (χ0v) is 16.5. The lowest BCUT2D eigenvalue weighted by Crippen LogP contribution is -2.30. The van der Waals surface area contributed by atoms with Gasteiger partial charge in [-0.2, -0.15) is 0 Å². The third-order valence-corrected chi connectivity index (χ3v) is 6.47. The summed E-state index contributed by atoms with van der Waals surface area (Å²) in [4.78, 5) is 27.1. The number of carboxylic acid groups (broad SMARTS) is 1. The maximum atomic E-state index is 13.8. The quantitative estimate of drug-likeness (QED) is 0.632. The first-order chi connectivity index (χ1) is 13.9. The number of nitrogens with zero attached hydrogens (tertiary/aromatic N) is 1. The molecule has 1 amide bonds. The third-order valence-electron chi connectivity index (χ3n) is 6.22. The largest absolute Gasteiger partial charge is 0.478 e. The van der Waals surface area contributed by atoms with Crippen LogP contribution in [0.5, 0.6) is 0 Å². The van der Waals surface area contributed by atoms with Gasteiger partial charge in [-0.3, -0.25) is 9.69 Å². The number of benzene rings is 3. The minimum absolute atomic E-state index is 0.00397. The number of anilines is 2. The lowest BCUT2D eigenvalue weighted by atomic mass is 9.92. The van der Waals surface area contributed by atoms with Crippen molar-refractivity contribution in [2.24, 2.45) is 0 Å². The Kier molecular flexibility index (Phi) is 3.83. The number of carboxylic acids is 1. The van der Waals surface area contributed by atoms with Gasteiger partial charge in [0.1, 0.15) is 0 Å². The second-order valence-corrected chi connectivity index (χ2v) is 8.13. The van der Waals surface area contributed by atoms with Gasteiger partial charge in [0, 0.05) is 10.9 Å². The first-order valence-corrected chi connectivity index (χ1v) is 9.85. The Morgan fingerprint density at radius 1 is 1.03 bits per heavy atom. The summed E-state index contributed by atoms with van der Waals surface area (Å²) in [5.74, 6) is -0.907. The van der Waals surface area contributed by atoms with Gasteiger partial charge in [-0.05, 0) is 60.4 Å². The zero-order chi connectivity index (χ0) is 20.3. The fraction of sp³-hybridized carbons (Fsp3) is 0.167. The van der Waals surface area contributed by atoms with Gasteiger partial charge in [-0.15, -0.1) is 0 Å². The standard InChI is InChI=1S/C24H18ClNO3/c1-14-17(22(27)28)5-4-8-20(14)26-21-7-3-2-6-18(21)24(23(26)29)13-19(24)15-9-11-16(25)12-10-15/h2-12,19H,13H2,1H3,(H,27,28)/t19-,24-/m0/s1. The van der Waals surface area contributed by atoms with Gasteiger partial charge in [0.25, 0.3) is 0 Å². The van der Waals surface area contributed by atoms with Gasteiger partial charge in [-0.1, -0.05) is 48.0 Å². The molecule has 1 saturated carbocycles. The zero-order valence-electron chi connectivity index (χ0n) is 15.7. The molecule has 5 rings (SSSR count). The Morgan fingerprint density at radius 3 is 2.45 bits per heavy atom. The van der Waals surface area contributed by atoms with Gasteiger partial charge in [0.15, 0.2) is 0 Å². The molecule has 3 aromatic carbocycles. The number of amides is 1. The summed E-state index contributed by atoms with van der Waals surface area (Å²) >= 11 is 6.04. The summed E-state index contributed by atoms with van der Waals surface area (Å²) in [5, 5.41) is 10.2. The Balaban J connectivity index is 1.64. The number of aromatic carboxylic acids is 1. The van der Waals surface area contributed by atoms with Crippen molar-refractivity contribution in [2.75, 3.05) is 4.90 Å². The number of carbonyl (C=O) groups excluding carboxylic acids is 1. The maximum absolute atomic E-state index is 13.8. The molecule has 29 heavy (non-hydrogen) atoms. The maximum Gasteiger partial charge on any atom is 0.336 e. The predicted molar refractivity (Wildman–Crippen MR) is 112 cm³/mol. The van der Waals surface area contributed by atoms with Crippen LogP contribution in [0.4, 0.5) is 11.4 Å². The first kappa shape index (κ1) is 18.0.